The molecule has 26 heavy (non-hydrogen) atoms. The maximum absolute atomic E-state index is 3.76. The summed E-state index contributed by atoms with van der Waals surface area (Å²) in [5.74, 6) is 0. The van der Waals surface area contributed by atoms with Gasteiger partial charge in [-0.2, -0.15) is 0 Å². The maximum Gasteiger partial charge on any atom is -0.0105 e. The van der Waals surface area contributed by atoms with Crippen molar-refractivity contribution in [3.05, 3.63) is 115 Å². The molecule has 4 rings (SSSR count). The van der Waals surface area contributed by atoms with Crippen molar-refractivity contribution < 1.29 is 0 Å². The Balaban J connectivity index is 1.76. The third kappa shape index (κ3) is 3.10. The third-order valence-corrected chi connectivity index (χ3v) is 4.67. The number of benzene rings is 4. The lowest BCUT2D eigenvalue weighted by Crippen LogP contribution is -1.85. The van der Waals surface area contributed by atoms with Crippen molar-refractivity contribution in [1.29, 1.82) is 0 Å². The lowest BCUT2D eigenvalue weighted by Gasteiger charge is -2.10. The minimum atomic E-state index is 1.20. The second-order valence-corrected chi connectivity index (χ2v) is 6.29. The topological polar surface area (TPSA) is 0 Å². The highest BCUT2D eigenvalue weighted by Gasteiger charge is 2.06. The predicted octanol–water partition coefficient (Wildman–Crippen LogP) is 7.37. The molecule has 0 bridgehead atoms. The summed E-state index contributed by atoms with van der Waals surface area (Å²) in [6.07, 6.45) is 5.88. The van der Waals surface area contributed by atoms with Crippen LogP contribution in [0.15, 0.2) is 110 Å². The van der Waals surface area contributed by atoms with Crippen LogP contribution in [-0.4, -0.2) is 0 Å². The van der Waals surface area contributed by atoms with Crippen molar-refractivity contribution in [2.45, 2.75) is 0 Å². The molecule has 0 aliphatic rings. The van der Waals surface area contributed by atoms with Crippen LogP contribution < -0.4 is 0 Å². The van der Waals surface area contributed by atoms with Crippen molar-refractivity contribution in [3.63, 3.8) is 0 Å². The number of hydrogen-bond acceptors (Lipinski definition) is 0. The molecule has 0 heteroatoms. The van der Waals surface area contributed by atoms with Gasteiger partial charge in [0.2, 0.25) is 0 Å². The Kier molecular flexibility index (Phi) is 4.49. The maximum atomic E-state index is 3.76. The average molecular weight is 332 g/mol. The molecular formula is C26H20. The first-order valence-corrected chi connectivity index (χ1v) is 8.83. The van der Waals surface area contributed by atoms with Gasteiger partial charge in [-0.1, -0.05) is 116 Å². The molecule has 0 atom stereocenters. The second kappa shape index (κ2) is 7.25. The summed E-state index contributed by atoms with van der Waals surface area (Å²) < 4.78 is 0. The Bertz CT molecular complexity index is 1080. The van der Waals surface area contributed by atoms with E-state index in [1.54, 1.807) is 6.08 Å². The molecular weight excluding hydrogens is 312 g/mol. The summed E-state index contributed by atoms with van der Waals surface area (Å²) in [5.41, 5.74) is 6.16. The van der Waals surface area contributed by atoms with Gasteiger partial charge in [-0.3, -0.25) is 0 Å². The summed E-state index contributed by atoms with van der Waals surface area (Å²) >= 11 is 0. The first kappa shape index (κ1) is 16.1. The van der Waals surface area contributed by atoms with E-state index in [1.807, 2.05) is 6.08 Å². The smallest absolute Gasteiger partial charge is 0.0105 e. The Morgan fingerprint density at radius 1 is 0.577 bits per heavy atom. The van der Waals surface area contributed by atoms with E-state index in [1.165, 1.54) is 38.6 Å². The van der Waals surface area contributed by atoms with Crippen LogP contribution in [0.3, 0.4) is 0 Å². The van der Waals surface area contributed by atoms with Crippen LogP contribution in [0.5, 0.6) is 0 Å². The first-order chi connectivity index (χ1) is 12.9. The Labute approximate surface area is 154 Å². The lowest BCUT2D eigenvalue weighted by atomic mass is 9.94. The van der Waals surface area contributed by atoms with Gasteiger partial charge in [0.15, 0.2) is 0 Å². The Hall–Kier alpha value is -3.38. The van der Waals surface area contributed by atoms with E-state index < -0.39 is 0 Å². The van der Waals surface area contributed by atoms with Crippen LogP contribution in [-0.2, 0) is 0 Å². The molecule has 0 aromatic heterocycles. The molecule has 0 N–H and O–H groups in total. The zero-order valence-electron chi connectivity index (χ0n) is 14.6. The van der Waals surface area contributed by atoms with Crippen LogP contribution in [0.1, 0.15) is 5.56 Å². The molecule has 0 amide bonds. The summed E-state index contributed by atoms with van der Waals surface area (Å²) in [6, 6.07) is 32.3. The zero-order valence-corrected chi connectivity index (χ0v) is 14.6. The highest BCUT2D eigenvalue weighted by molar-refractivity contribution is 5.96. The van der Waals surface area contributed by atoms with Gasteiger partial charge in [0, 0.05) is 0 Å². The van der Waals surface area contributed by atoms with Crippen molar-refractivity contribution >= 4 is 16.8 Å². The van der Waals surface area contributed by atoms with Gasteiger partial charge in [0.05, 0.1) is 0 Å². The molecule has 0 saturated heterocycles. The first-order valence-electron chi connectivity index (χ1n) is 8.83. The van der Waals surface area contributed by atoms with E-state index in [4.69, 9.17) is 0 Å². The quantitative estimate of drug-likeness (QED) is 0.342. The zero-order chi connectivity index (χ0) is 17.8. The number of fused-ring (bicyclic) bond motifs is 1. The molecule has 0 aliphatic carbocycles. The van der Waals surface area contributed by atoms with Crippen LogP contribution in [0, 0.1) is 0 Å². The van der Waals surface area contributed by atoms with Gasteiger partial charge in [-0.05, 0) is 38.6 Å². The standard InChI is InChI=1S/C26H20/c1-2-3-9-20-10-4-6-13-24(20)22-16-18-23(19-17-22)26-15-8-12-21-11-5-7-14-25(21)26/h2-19H,1H2/b9-3-. The fourth-order valence-electron chi connectivity index (χ4n) is 3.38. The van der Waals surface area contributed by atoms with E-state index in [0.717, 1.165) is 0 Å². The third-order valence-electron chi connectivity index (χ3n) is 4.67. The molecule has 0 saturated carbocycles. The monoisotopic (exact) mass is 332 g/mol. The Morgan fingerprint density at radius 3 is 2.00 bits per heavy atom. The van der Waals surface area contributed by atoms with Crippen LogP contribution in [0.2, 0.25) is 0 Å². The van der Waals surface area contributed by atoms with Gasteiger partial charge in [0.1, 0.15) is 0 Å². The summed E-state index contributed by atoms with van der Waals surface area (Å²) in [7, 11) is 0. The van der Waals surface area contributed by atoms with Gasteiger partial charge in [0.25, 0.3) is 0 Å². The van der Waals surface area contributed by atoms with E-state index in [0.29, 0.717) is 0 Å². The van der Waals surface area contributed by atoms with Gasteiger partial charge < -0.3 is 0 Å². The lowest BCUT2D eigenvalue weighted by molar-refractivity contribution is 1.58. The number of rotatable bonds is 4. The second-order valence-electron chi connectivity index (χ2n) is 6.29. The highest BCUT2D eigenvalue weighted by atomic mass is 14.1. The van der Waals surface area contributed by atoms with E-state index >= 15 is 0 Å². The number of allylic oxidation sites excluding steroid dienone is 2. The van der Waals surface area contributed by atoms with Crippen LogP contribution in [0.25, 0.3) is 39.1 Å². The molecule has 0 radical (unpaired) electrons. The van der Waals surface area contributed by atoms with Crippen molar-refractivity contribution in [2.75, 3.05) is 0 Å². The molecule has 4 aromatic rings. The normalized spacial score (nSPS) is 11.1. The minimum Gasteiger partial charge on any atom is -0.0991 e. The molecule has 0 aliphatic heterocycles. The molecule has 0 nitrogen and oxygen atoms in total. The molecule has 124 valence electrons. The van der Waals surface area contributed by atoms with Gasteiger partial charge in [-0.15, -0.1) is 0 Å². The van der Waals surface area contributed by atoms with Gasteiger partial charge in [-0.25, -0.2) is 0 Å². The Morgan fingerprint density at radius 2 is 1.19 bits per heavy atom. The average Bonchev–Trinajstić information content (AvgIpc) is 2.72. The summed E-state index contributed by atoms with van der Waals surface area (Å²) in [6.45, 7) is 3.76. The van der Waals surface area contributed by atoms with Crippen molar-refractivity contribution in [3.8, 4) is 22.3 Å². The van der Waals surface area contributed by atoms with E-state index in [9.17, 15) is 0 Å². The van der Waals surface area contributed by atoms with Gasteiger partial charge >= 0.3 is 0 Å². The summed E-state index contributed by atoms with van der Waals surface area (Å²) in [5, 5.41) is 2.56. The van der Waals surface area contributed by atoms with E-state index in [2.05, 4.69) is 104 Å². The molecule has 0 heterocycles. The minimum absolute atomic E-state index is 1.20. The summed E-state index contributed by atoms with van der Waals surface area (Å²) in [4.78, 5) is 0. The SMILES string of the molecule is C=C/C=C\c1ccccc1-c1ccc(-c2cccc3ccccc23)cc1. The number of hydrogen-bond donors (Lipinski definition) is 0. The van der Waals surface area contributed by atoms with Crippen molar-refractivity contribution in [2.24, 2.45) is 0 Å². The molecule has 4 aromatic carbocycles. The fraction of sp³-hybridized carbons (Fsp3) is 0. The predicted molar refractivity (Wildman–Crippen MR) is 114 cm³/mol. The van der Waals surface area contributed by atoms with Crippen molar-refractivity contribution in [1.82, 2.24) is 0 Å². The largest absolute Gasteiger partial charge is 0.0991 e. The molecule has 0 spiro atoms. The highest BCUT2D eigenvalue weighted by Crippen LogP contribution is 2.31. The fourth-order valence-corrected chi connectivity index (χ4v) is 3.38. The molecule has 0 unspecified atom stereocenters. The van der Waals surface area contributed by atoms with Crippen LogP contribution >= 0.6 is 0 Å². The van der Waals surface area contributed by atoms with Crippen LogP contribution in [0.4, 0.5) is 0 Å². The molecule has 0 fully saturated rings. The van der Waals surface area contributed by atoms with E-state index in [-0.39, 0.29) is 0 Å².